The molecule has 2 N–H and O–H groups in total. The summed E-state index contributed by atoms with van der Waals surface area (Å²) in [5, 5.41) is 0. The summed E-state index contributed by atoms with van der Waals surface area (Å²) in [6.07, 6.45) is 0. The first-order valence-corrected chi connectivity index (χ1v) is 5.34. The standard InChI is InChI=1S/C12H15NO5/c1-3-17-11(14)7-18-12(15)9-5-4-8(13)6-10(9)16-2/h4-6H,3,7,13H2,1-2H3. The molecule has 0 saturated carbocycles. The van der Waals surface area contributed by atoms with E-state index in [4.69, 9.17) is 15.2 Å². The van der Waals surface area contributed by atoms with Crippen LogP contribution in [0.4, 0.5) is 5.69 Å². The zero-order valence-corrected chi connectivity index (χ0v) is 10.3. The fourth-order valence-electron chi connectivity index (χ4n) is 1.28. The maximum Gasteiger partial charge on any atom is 0.344 e. The summed E-state index contributed by atoms with van der Waals surface area (Å²) in [5.74, 6) is -0.968. The Bertz CT molecular complexity index is 444. The molecule has 0 radical (unpaired) electrons. The first-order valence-electron chi connectivity index (χ1n) is 5.34. The molecule has 0 atom stereocenters. The van der Waals surface area contributed by atoms with Gasteiger partial charge in [-0.2, -0.15) is 0 Å². The first-order chi connectivity index (χ1) is 8.58. The molecule has 0 unspecified atom stereocenters. The van der Waals surface area contributed by atoms with Crippen molar-refractivity contribution >= 4 is 17.6 Å². The third-order valence-electron chi connectivity index (χ3n) is 2.07. The molecule has 0 heterocycles. The van der Waals surface area contributed by atoms with Crippen molar-refractivity contribution in [3.63, 3.8) is 0 Å². The molecule has 1 aromatic carbocycles. The van der Waals surface area contributed by atoms with Crippen LogP contribution in [0.2, 0.25) is 0 Å². The Morgan fingerprint density at radius 1 is 1.28 bits per heavy atom. The zero-order chi connectivity index (χ0) is 13.5. The highest BCUT2D eigenvalue weighted by Crippen LogP contribution is 2.22. The number of carbonyl (C=O) groups is 2. The molecule has 0 spiro atoms. The van der Waals surface area contributed by atoms with Crippen molar-refractivity contribution < 1.29 is 23.8 Å². The number of nitrogen functional groups attached to an aromatic ring is 1. The second kappa shape index (κ2) is 6.48. The number of esters is 2. The van der Waals surface area contributed by atoms with Gasteiger partial charge in [0, 0.05) is 11.8 Å². The number of carbonyl (C=O) groups excluding carboxylic acids is 2. The number of hydrogen-bond donors (Lipinski definition) is 1. The van der Waals surface area contributed by atoms with Crippen molar-refractivity contribution in [1.29, 1.82) is 0 Å². The Labute approximate surface area is 105 Å². The van der Waals surface area contributed by atoms with Gasteiger partial charge in [-0.3, -0.25) is 0 Å². The highest BCUT2D eigenvalue weighted by molar-refractivity contribution is 5.94. The average Bonchev–Trinajstić information content (AvgIpc) is 2.36. The molecule has 0 aliphatic rings. The van der Waals surface area contributed by atoms with Gasteiger partial charge in [0.1, 0.15) is 11.3 Å². The van der Waals surface area contributed by atoms with Crippen LogP contribution in [-0.2, 0) is 14.3 Å². The molecule has 18 heavy (non-hydrogen) atoms. The fourth-order valence-corrected chi connectivity index (χ4v) is 1.28. The maximum absolute atomic E-state index is 11.7. The van der Waals surface area contributed by atoms with E-state index in [-0.39, 0.29) is 12.2 Å². The van der Waals surface area contributed by atoms with Crippen molar-refractivity contribution in [2.45, 2.75) is 6.92 Å². The second-order valence-corrected chi connectivity index (χ2v) is 3.34. The zero-order valence-electron chi connectivity index (χ0n) is 10.3. The van der Waals surface area contributed by atoms with Crippen LogP contribution in [0.25, 0.3) is 0 Å². The lowest BCUT2D eigenvalue weighted by Gasteiger charge is -2.09. The van der Waals surface area contributed by atoms with Gasteiger partial charge in [-0.1, -0.05) is 0 Å². The SMILES string of the molecule is CCOC(=O)COC(=O)c1ccc(N)cc1OC. The van der Waals surface area contributed by atoms with Crippen molar-refractivity contribution in [2.75, 3.05) is 26.1 Å². The molecule has 0 amide bonds. The lowest BCUT2D eigenvalue weighted by Crippen LogP contribution is -2.17. The summed E-state index contributed by atoms with van der Waals surface area (Å²) in [5.41, 5.74) is 6.23. The second-order valence-electron chi connectivity index (χ2n) is 3.34. The van der Waals surface area contributed by atoms with Gasteiger partial charge in [0.25, 0.3) is 0 Å². The lowest BCUT2D eigenvalue weighted by molar-refractivity contribution is -0.146. The van der Waals surface area contributed by atoms with Crippen molar-refractivity contribution in [3.05, 3.63) is 23.8 Å². The highest BCUT2D eigenvalue weighted by Gasteiger charge is 2.15. The van der Waals surface area contributed by atoms with Crippen molar-refractivity contribution in [1.82, 2.24) is 0 Å². The van der Waals surface area contributed by atoms with Gasteiger partial charge in [0.05, 0.1) is 13.7 Å². The van der Waals surface area contributed by atoms with E-state index < -0.39 is 18.5 Å². The van der Waals surface area contributed by atoms with Crippen LogP contribution in [0.15, 0.2) is 18.2 Å². The number of benzene rings is 1. The smallest absolute Gasteiger partial charge is 0.344 e. The van der Waals surface area contributed by atoms with E-state index in [1.54, 1.807) is 13.0 Å². The van der Waals surface area contributed by atoms with Crippen LogP contribution in [0.3, 0.4) is 0 Å². The lowest BCUT2D eigenvalue weighted by atomic mass is 10.2. The highest BCUT2D eigenvalue weighted by atomic mass is 16.6. The van der Waals surface area contributed by atoms with E-state index in [1.807, 2.05) is 0 Å². The van der Waals surface area contributed by atoms with Gasteiger partial charge in [-0.05, 0) is 19.1 Å². The summed E-state index contributed by atoms with van der Waals surface area (Å²) in [6, 6.07) is 4.52. The summed E-state index contributed by atoms with van der Waals surface area (Å²) in [7, 11) is 1.41. The Morgan fingerprint density at radius 2 is 2.00 bits per heavy atom. The molecule has 0 aromatic heterocycles. The minimum Gasteiger partial charge on any atom is -0.496 e. The van der Waals surface area contributed by atoms with Gasteiger partial charge < -0.3 is 19.9 Å². The molecule has 6 heteroatoms. The van der Waals surface area contributed by atoms with E-state index in [9.17, 15) is 9.59 Å². The third kappa shape index (κ3) is 3.65. The van der Waals surface area contributed by atoms with Crippen LogP contribution in [0.5, 0.6) is 5.75 Å². The van der Waals surface area contributed by atoms with Crippen LogP contribution in [0, 0.1) is 0 Å². The number of methoxy groups -OCH3 is 1. The van der Waals surface area contributed by atoms with Gasteiger partial charge in [-0.25, -0.2) is 9.59 Å². The summed E-state index contributed by atoms with van der Waals surface area (Å²) < 4.78 is 14.4. The predicted octanol–water partition coefficient (Wildman–Crippen LogP) is 0.997. The van der Waals surface area contributed by atoms with E-state index >= 15 is 0 Å². The first kappa shape index (κ1) is 13.8. The van der Waals surface area contributed by atoms with Gasteiger partial charge in [-0.15, -0.1) is 0 Å². The number of nitrogens with two attached hydrogens (primary N) is 1. The largest absolute Gasteiger partial charge is 0.496 e. The number of hydrogen-bond acceptors (Lipinski definition) is 6. The quantitative estimate of drug-likeness (QED) is 0.622. The van der Waals surface area contributed by atoms with Crippen LogP contribution >= 0.6 is 0 Å². The molecule has 0 fully saturated rings. The van der Waals surface area contributed by atoms with Crippen LogP contribution in [0.1, 0.15) is 17.3 Å². The van der Waals surface area contributed by atoms with Crippen molar-refractivity contribution in [2.24, 2.45) is 0 Å². The third-order valence-corrected chi connectivity index (χ3v) is 2.07. The molecule has 98 valence electrons. The van der Waals surface area contributed by atoms with Crippen LogP contribution < -0.4 is 10.5 Å². The molecule has 1 rings (SSSR count). The Morgan fingerprint density at radius 3 is 2.61 bits per heavy atom. The summed E-state index contributed by atoms with van der Waals surface area (Å²) in [6.45, 7) is 1.48. The number of ether oxygens (including phenoxy) is 3. The van der Waals surface area contributed by atoms with Crippen LogP contribution in [-0.4, -0.2) is 32.3 Å². The molecule has 0 saturated heterocycles. The summed E-state index contributed by atoms with van der Waals surface area (Å²) in [4.78, 5) is 22.7. The minimum atomic E-state index is -0.667. The topological polar surface area (TPSA) is 87.9 Å². The molecular formula is C12H15NO5. The van der Waals surface area contributed by atoms with Gasteiger partial charge in [0.2, 0.25) is 0 Å². The molecular weight excluding hydrogens is 238 g/mol. The van der Waals surface area contributed by atoms with E-state index in [0.717, 1.165) is 0 Å². The number of anilines is 1. The normalized spacial score (nSPS) is 9.67. The van der Waals surface area contributed by atoms with E-state index in [1.165, 1.54) is 19.2 Å². The Kier molecular flexibility index (Phi) is 4.98. The monoisotopic (exact) mass is 253 g/mol. The van der Waals surface area contributed by atoms with Gasteiger partial charge in [0.15, 0.2) is 6.61 Å². The van der Waals surface area contributed by atoms with E-state index in [0.29, 0.717) is 11.4 Å². The van der Waals surface area contributed by atoms with Gasteiger partial charge >= 0.3 is 11.9 Å². The van der Waals surface area contributed by atoms with Crippen molar-refractivity contribution in [3.8, 4) is 5.75 Å². The number of rotatable bonds is 5. The molecule has 1 aromatic rings. The Balaban J connectivity index is 2.69. The fraction of sp³-hybridized carbons (Fsp3) is 0.333. The predicted molar refractivity (Wildman–Crippen MR) is 64.3 cm³/mol. The molecule has 0 aliphatic carbocycles. The molecule has 6 nitrogen and oxygen atoms in total. The molecule has 0 bridgehead atoms. The molecule has 0 aliphatic heterocycles. The maximum atomic E-state index is 11.7. The average molecular weight is 253 g/mol. The summed E-state index contributed by atoms with van der Waals surface area (Å²) >= 11 is 0. The van der Waals surface area contributed by atoms with E-state index in [2.05, 4.69) is 4.74 Å². The minimum absolute atomic E-state index is 0.205. The Hall–Kier alpha value is -2.24.